The van der Waals surface area contributed by atoms with E-state index in [0.29, 0.717) is 6.54 Å². The third-order valence-corrected chi connectivity index (χ3v) is 2.53. The van der Waals surface area contributed by atoms with Crippen LogP contribution in [0.2, 0.25) is 0 Å². The van der Waals surface area contributed by atoms with Gasteiger partial charge in [-0.1, -0.05) is 12.1 Å². The summed E-state index contributed by atoms with van der Waals surface area (Å²) in [5, 5.41) is 5.67. The Balaban J connectivity index is 2.13. The number of imidazole rings is 1. The molecule has 1 aromatic heterocycles. The Morgan fingerprint density at radius 2 is 2.24 bits per heavy atom. The molecule has 90 valence electrons. The molecule has 2 aromatic rings. The predicted molar refractivity (Wildman–Crippen MR) is 66.6 cm³/mol. The largest absolute Gasteiger partial charge is 0.345 e. The van der Waals surface area contributed by atoms with E-state index in [1.165, 1.54) is 0 Å². The number of rotatable bonds is 4. The van der Waals surface area contributed by atoms with Crippen LogP contribution in [-0.2, 0) is 4.79 Å². The number of carbonyl (C=O) groups is 1. The molecule has 1 heterocycles. The Labute approximate surface area is 99.6 Å². The quantitative estimate of drug-likeness (QED) is 0.735. The average molecular weight is 232 g/mol. The fourth-order valence-electron chi connectivity index (χ4n) is 1.70. The molecule has 2 rings (SSSR count). The van der Waals surface area contributed by atoms with Crippen LogP contribution in [-0.4, -0.2) is 29.5 Å². The van der Waals surface area contributed by atoms with Crippen LogP contribution in [0.15, 0.2) is 24.3 Å². The molecule has 0 saturated carbocycles. The van der Waals surface area contributed by atoms with Crippen LogP contribution in [0.3, 0.4) is 0 Å². The number of H-pyrrole nitrogens is 1. The van der Waals surface area contributed by atoms with Gasteiger partial charge < -0.3 is 15.6 Å². The number of aromatic nitrogens is 2. The van der Waals surface area contributed by atoms with Crippen molar-refractivity contribution >= 4 is 16.9 Å². The molecule has 5 nitrogen and oxygen atoms in total. The number of aromatic amines is 1. The number of amides is 1. The van der Waals surface area contributed by atoms with Gasteiger partial charge >= 0.3 is 0 Å². The normalized spacial score (nSPS) is 12.6. The van der Waals surface area contributed by atoms with Crippen LogP contribution in [0.25, 0.3) is 11.0 Å². The van der Waals surface area contributed by atoms with E-state index < -0.39 is 0 Å². The molecular formula is C12H16N4O. The summed E-state index contributed by atoms with van der Waals surface area (Å²) in [6.45, 7) is 2.22. The lowest BCUT2D eigenvalue weighted by Gasteiger charge is -2.10. The van der Waals surface area contributed by atoms with Crippen molar-refractivity contribution in [1.29, 1.82) is 0 Å². The number of hydrogen-bond donors (Lipinski definition) is 3. The van der Waals surface area contributed by atoms with Gasteiger partial charge in [-0.15, -0.1) is 0 Å². The van der Waals surface area contributed by atoms with Crippen LogP contribution in [0.1, 0.15) is 18.8 Å². The molecule has 5 heteroatoms. The number of benzene rings is 1. The first-order valence-electron chi connectivity index (χ1n) is 5.59. The van der Waals surface area contributed by atoms with Gasteiger partial charge in [-0.05, 0) is 26.1 Å². The number of nitrogens with zero attached hydrogens (tertiary/aromatic N) is 1. The van der Waals surface area contributed by atoms with Crippen molar-refractivity contribution in [1.82, 2.24) is 20.6 Å². The molecule has 0 aliphatic rings. The summed E-state index contributed by atoms with van der Waals surface area (Å²) < 4.78 is 0. The Morgan fingerprint density at radius 3 is 2.94 bits per heavy atom. The Bertz CT molecular complexity index is 487. The second kappa shape index (κ2) is 4.97. The summed E-state index contributed by atoms with van der Waals surface area (Å²) >= 11 is 0. The molecule has 17 heavy (non-hydrogen) atoms. The highest BCUT2D eigenvalue weighted by Gasteiger charge is 2.12. The zero-order valence-corrected chi connectivity index (χ0v) is 9.95. The van der Waals surface area contributed by atoms with Crippen molar-refractivity contribution in [3.63, 3.8) is 0 Å². The zero-order valence-electron chi connectivity index (χ0n) is 9.95. The summed E-state index contributed by atoms with van der Waals surface area (Å²) in [4.78, 5) is 19.1. The van der Waals surface area contributed by atoms with E-state index in [0.717, 1.165) is 16.9 Å². The predicted octanol–water partition coefficient (Wildman–Crippen LogP) is 0.959. The van der Waals surface area contributed by atoms with Crippen LogP contribution in [0.5, 0.6) is 0 Å². The molecule has 0 fully saturated rings. The van der Waals surface area contributed by atoms with Crippen molar-refractivity contribution in [3.05, 3.63) is 30.1 Å². The number of hydrogen-bond acceptors (Lipinski definition) is 3. The van der Waals surface area contributed by atoms with Gasteiger partial charge in [0.05, 0.1) is 23.6 Å². The molecule has 1 atom stereocenters. The summed E-state index contributed by atoms with van der Waals surface area (Å²) in [5.74, 6) is 0.733. The molecule has 3 N–H and O–H groups in total. The Hall–Kier alpha value is -1.88. The summed E-state index contributed by atoms with van der Waals surface area (Å²) in [7, 11) is 1.74. The van der Waals surface area contributed by atoms with Crippen LogP contribution >= 0.6 is 0 Å². The number of nitrogens with one attached hydrogen (secondary N) is 3. The van der Waals surface area contributed by atoms with Gasteiger partial charge in [0.15, 0.2) is 0 Å². The maximum absolute atomic E-state index is 11.4. The fraction of sp³-hybridized carbons (Fsp3) is 0.333. The molecule has 0 bridgehead atoms. The van der Waals surface area contributed by atoms with Crippen molar-refractivity contribution in [2.45, 2.75) is 13.0 Å². The molecule has 0 radical (unpaired) electrons. The minimum Gasteiger partial charge on any atom is -0.345 e. The van der Waals surface area contributed by atoms with Crippen molar-refractivity contribution in [2.75, 3.05) is 13.6 Å². The average Bonchev–Trinajstić information content (AvgIpc) is 2.72. The number of likely N-dealkylation sites (N-methyl/N-ethyl adjacent to an activating group) is 1. The first-order chi connectivity index (χ1) is 8.20. The lowest BCUT2D eigenvalue weighted by atomic mass is 10.3. The molecule has 0 aliphatic carbocycles. The Morgan fingerprint density at radius 1 is 1.47 bits per heavy atom. The van der Waals surface area contributed by atoms with Gasteiger partial charge in [0, 0.05) is 0 Å². The van der Waals surface area contributed by atoms with Crippen LogP contribution in [0, 0.1) is 0 Å². The number of carbonyl (C=O) groups excluding carboxylic acids is 1. The van der Waals surface area contributed by atoms with E-state index in [1.54, 1.807) is 7.05 Å². The maximum atomic E-state index is 11.4. The first kappa shape index (κ1) is 11.6. The van der Waals surface area contributed by atoms with Gasteiger partial charge in [0.2, 0.25) is 5.91 Å². The summed E-state index contributed by atoms with van der Waals surface area (Å²) in [6.07, 6.45) is 0. The topological polar surface area (TPSA) is 69.8 Å². The van der Waals surface area contributed by atoms with E-state index in [-0.39, 0.29) is 11.9 Å². The lowest BCUT2D eigenvalue weighted by Crippen LogP contribution is -2.34. The highest BCUT2D eigenvalue weighted by molar-refractivity contribution is 5.79. The summed E-state index contributed by atoms with van der Waals surface area (Å²) in [6, 6.07) is 7.68. The highest BCUT2D eigenvalue weighted by Crippen LogP contribution is 2.15. The molecule has 0 spiro atoms. The molecule has 1 aromatic carbocycles. The zero-order chi connectivity index (χ0) is 12.3. The van der Waals surface area contributed by atoms with Crippen LogP contribution in [0.4, 0.5) is 0 Å². The second-order valence-electron chi connectivity index (χ2n) is 3.96. The lowest BCUT2D eigenvalue weighted by molar-refractivity contribution is -0.120. The third kappa shape index (κ3) is 2.62. The molecular weight excluding hydrogens is 216 g/mol. The van der Waals surface area contributed by atoms with E-state index in [9.17, 15) is 4.79 Å². The molecule has 0 aliphatic heterocycles. The van der Waals surface area contributed by atoms with Crippen molar-refractivity contribution in [2.24, 2.45) is 0 Å². The minimum absolute atomic E-state index is 0.0412. The van der Waals surface area contributed by atoms with Crippen molar-refractivity contribution < 1.29 is 4.79 Å². The smallest absolute Gasteiger partial charge is 0.234 e. The van der Waals surface area contributed by atoms with Gasteiger partial charge in [0.25, 0.3) is 0 Å². The molecule has 1 amide bonds. The SMILES string of the molecule is CNCC(=O)NC(C)c1nc2ccccc2[nH]1. The second-order valence-corrected chi connectivity index (χ2v) is 3.96. The number of para-hydroxylation sites is 2. The molecule has 0 saturated heterocycles. The monoisotopic (exact) mass is 232 g/mol. The van der Waals surface area contributed by atoms with Gasteiger partial charge in [-0.25, -0.2) is 4.98 Å². The number of fused-ring (bicyclic) bond motifs is 1. The van der Waals surface area contributed by atoms with E-state index >= 15 is 0 Å². The minimum atomic E-state index is -0.122. The first-order valence-corrected chi connectivity index (χ1v) is 5.59. The third-order valence-electron chi connectivity index (χ3n) is 2.53. The standard InChI is InChI=1S/C12H16N4O/c1-8(14-11(17)7-13-2)12-15-9-5-3-4-6-10(9)16-12/h3-6,8,13H,7H2,1-2H3,(H,14,17)(H,15,16). The van der Waals surface area contributed by atoms with E-state index in [1.807, 2.05) is 31.2 Å². The van der Waals surface area contributed by atoms with Gasteiger partial charge in [0.1, 0.15) is 5.82 Å². The van der Waals surface area contributed by atoms with E-state index in [4.69, 9.17) is 0 Å². The fourth-order valence-corrected chi connectivity index (χ4v) is 1.70. The van der Waals surface area contributed by atoms with Crippen molar-refractivity contribution in [3.8, 4) is 0 Å². The van der Waals surface area contributed by atoms with Gasteiger partial charge in [-0.3, -0.25) is 4.79 Å². The van der Waals surface area contributed by atoms with E-state index in [2.05, 4.69) is 20.6 Å². The van der Waals surface area contributed by atoms with Gasteiger partial charge in [-0.2, -0.15) is 0 Å². The summed E-state index contributed by atoms with van der Waals surface area (Å²) in [5.41, 5.74) is 1.90. The van der Waals surface area contributed by atoms with Crippen LogP contribution < -0.4 is 10.6 Å². The maximum Gasteiger partial charge on any atom is 0.234 e. The molecule has 1 unspecified atom stereocenters. The Kier molecular flexibility index (Phi) is 3.39. The highest BCUT2D eigenvalue weighted by atomic mass is 16.1.